The highest BCUT2D eigenvalue weighted by molar-refractivity contribution is 6.33. The Labute approximate surface area is 152 Å². The lowest BCUT2D eigenvalue weighted by Crippen LogP contribution is -2.52. The summed E-state index contributed by atoms with van der Waals surface area (Å²) >= 11 is 5.94. The van der Waals surface area contributed by atoms with Gasteiger partial charge in [-0.25, -0.2) is 4.39 Å². The average molecular weight is 378 g/mol. The fourth-order valence-corrected chi connectivity index (χ4v) is 2.92. The number of carbonyl (C=O) groups is 2. The topological polar surface area (TPSA) is 52.7 Å². The quantitative estimate of drug-likeness (QED) is 0.873. The minimum Gasteiger partial charge on any atom is -0.339 e. The number of piperazine rings is 1. The number of benzene rings is 1. The Kier molecular flexibility index (Phi) is 7.93. The van der Waals surface area contributed by atoms with E-state index in [4.69, 9.17) is 11.6 Å². The minimum absolute atomic E-state index is 0. The summed E-state index contributed by atoms with van der Waals surface area (Å²) in [7, 11) is 1.81. The Morgan fingerprint density at radius 1 is 1.25 bits per heavy atom. The Morgan fingerprint density at radius 2 is 1.83 bits per heavy atom. The van der Waals surface area contributed by atoms with E-state index in [0.717, 1.165) is 6.07 Å². The van der Waals surface area contributed by atoms with Gasteiger partial charge in [0.1, 0.15) is 5.82 Å². The van der Waals surface area contributed by atoms with E-state index in [1.165, 1.54) is 12.1 Å². The highest BCUT2D eigenvalue weighted by Gasteiger charge is 2.27. The van der Waals surface area contributed by atoms with Crippen molar-refractivity contribution in [2.45, 2.75) is 6.92 Å². The van der Waals surface area contributed by atoms with Crippen LogP contribution in [-0.2, 0) is 4.79 Å². The van der Waals surface area contributed by atoms with E-state index in [0.29, 0.717) is 32.7 Å². The molecule has 0 bridgehead atoms. The Balaban J connectivity index is 0.00000288. The molecule has 0 spiro atoms. The highest BCUT2D eigenvalue weighted by atomic mass is 35.5. The molecule has 1 atom stereocenters. The van der Waals surface area contributed by atoms with Crippen molar-refractivity contribution < 1.29 is 14.0 Å². The van der Waals surface area contributed by atoms with Gasteiger partial charge < -0.3 is 15.1 Å². The van der Waals surface area contributed by atoms with E-state index in [1.54, 1.807) is 9.80 Å². The van der Waals surface area contributed by atoms with Gasteiger partial charge in [-0.3, -0.25) is 9.59 Å². The van der Waals surface area contributed by atoms with Gasteiger partial charge in [0.25, 0.3) is 5.91 Å². The largest absolute Gasteiger partial charge is 0.339 e. The summed E-state index contributed by atoms with van der Waals surface area (Å²) in [6.07, 6.45) is 0. The Morgan fingerprint density at radius 3 is 2.38 bits per heavy atom. The van der Waals surface area contributed by atoms with Crippen LogP contribution in [0.5, 0.6) is 0 Å². The summed E-state index contributed by atoms with van der Waals surface area (Å²) in [4.78, 5) is 28.1. The summed E-state index contributed by atoms with van der Waals surface area (Å²) in [5.74, 6) is -0.703. The molecule has 5 nitrogen and oxygen atoms in total. The molecular formula is C16H22Cl2FN3O2. The third kappa shape index (κ3) is 4.82. The van der Waals surface area contributed by atoms with Crippen LogP contribution in [-0.4, -0.2) is 61.4 Å². The molecule has 0 saturated carbocycles. The fraction of sp³-hybridized carbons (Fsp3) is 0.500. The first-order chi connectivity index (χ1) is 10.9. The van der Waals surface area contributed by atoms with Gasteiger partial charge >= 0.3 is 0 Å². The molecule has 1 fully saturated rings. The third-order valence-electron chi connectivity index (χ3n) is 3.97. The summed E-state index contributed by atoms with van der Waals surface area (Å²) in [5, 5.41) is 3.10. The number of amides is 2. The molecule has 1 saturated heterocycles. The van der Waals surface area contributed by atoms with E-state index in [-0.39, 0.29) is 40.7 Å². The second-order valence-electron chi connectivity index (χ2n) is 5.70. The van der Waals surface area contributed by atoms with Crippen molar-refractivity contribution in [3.05, 3.63) is 34.6 Å². The molecule has 8 heteroatoms. The molecule has 0 aliphatic carbocycles. The summed E-state index contributed by atoms with van der Waals surface area (Å²) < 4.78 is 13.1. The fourth-order valence-electron chi connectivity index (χ4n) is 2.67. The van der Waals surface area contributed by atoms with Gasteiger partial charge in [0.05, 0.1) is 10.6 Å². The molecule has 1 aliphatic rings. The molecule has 1 heterocycles. The van der Waals surface area contributed by atoms with E-state index < -0.39 is 5.82 Å². The van der Waals surface area contributed by atoms with Crippen LogP contribution in [0.15, 0.2) is 18.2 Å². The number of rotatable bonds is 4. The number of hydrogen-bond donors (Lipinski definition) is 1. The zero-order chi connectivity index (χ0) is 17.0. The summed E-state index contributed by atoms with van der Waals surface area (Å²) in [6.45, 7) is 4.40. The van der Waals surface area contributed by atoms with Crippen LogP contribution in [0.25, 0.3) is 0 Å². The van der Waals surface area contributed by atoms with Gasteiger partial charge in [-0.05, 0) is 25.2 Å². The van der Waals surface area contributed by atoms with Gasteiger partial charge in [0.2, 0.25) is 5.91 Å². The molecule has 134 valence electrons. The van der Waals surface area contributed by atoms with E-state index in [2.05, 4.69) is 5.32 Å². The van der Waals surface area contributed by atoms with Gasteiger partial charge in [-0.15, -0.1) is 12.4 Å². The van der Waals surface area contributed by atoms with E-state index >= 15 is 0 Å². The van der Waals surface area contributed by atoms with E-state index in [1.807, 2.05) is 14.0 Å². The molecule has 24 heavy (non-hydrogen) atoms. The first kappa shape index (κ1) is 20.7. The van der Waals surface area contributed by atoms with Gasteiger partial charge in [0.15, 0.2) is 0 Å². The Bertz CT molecular complexity index is 593. The summed E-state index contributed by atoms with van der Waals surface area (Å²) in [6, 6.07) is 3.75. The van der Waals surface area contributed by atoms with Crippen LogP contribution < -0.4 is 5.32 Å². The van der Waals surface area contributed by atoms with Crippen molar-refractivity contribution >= 4 is 35.8 Å². The lowest BCUT2D eigenvalue weighted by atomic mass is 10.1. The van der Waals surface area contributed by atoms with Crippen molar-refractivity contribution in [1.29, 1.82) is 0 Å². The molecule has 1 N–H and O–H groups in total. The Hall–Kier alpha value is -1.37. The normalized spacial score (nSPS) is 15.7. The van der Waals surface area contributed by atoms with E-state index in [9.17, 15) is 14.0 Å². The third-order valence-corrected chi connectivity index (χ3v) is 4.28. The van der Waals surface area contributed by atoms with Crippen molar-refractivity contribution in [2.75, 3.05) is 39.8 Å². The molecule has 2 rings (SSSR count). The maximum atomic E-state index is 13.1. The van der Waals surface area contributed by atoms with Crippen LogP contribution in [0.4, 0.5) is 4.39 Å². The van der Waals surface area contributed by atoms with Crippen LogP contribution in [0, 0.1) is 11.7 Å². The lowest BCUT2D eigenvalue weighted by Gasteiger charge is -2.36. The maximum Gasteiger partial charge on any atom is 0.255 e. The SMILES string of the molecule is CNCC(C)C(=O)N1CCN(C(=O)c2ccc(F)cc2Cl)CC1.Cl. The van der Waals surface area contributed by atoms with Crippen LogP contribution in [0.2, 0.25) is 5.02 Å². The monoisotopic (exact) mass is 377 g/mol. The lowest BCUT2D eigenvalue weighted by molar-refractivity contribution is -0.136. The van der Waals surface area contributed by atoms with Crippen LogP contribution in [0.3, 0.4) is 0 Å². The molecule has 0 aromatic heterocycles. The number of nitrogens with zero attached hydrogens (tertiary/aromatic N) is 2. The first-order valence-electron chi connectivity index (χ1n) is 7.61. The van der Waals surface area contributed by atoms with Gasteiger partial charge in [-0.1, -0.05) is 18.5 Å². The predicted molar refractivity (Wildman–Crippen MR) is 94.2 cm³/mol. The second kappa shape index (κ2) is 9.20. The zero-order valence-electron chi connectivity index (χ0n) is 13.7. The molecule has 1 aromatic rings. The van der Waals surface area contributed by atoms with Gasteiger partial charge in [-0.2, -0.15) is 0 Å². The summed E-state index contributed by atoms with van der Waals surface area (Å²) in [5.41, 5.74) is 0.288. The molecule has 1 unspecified atom stereocenters. The van der Waals surface area contributed by atoms with Crippen LogP contribution in [0.1, 0.15) is 17.3 Å². The van der Waals surface area contributed by atoms with Crippen molar-refractivity contribution in [1.82, 2.24) is 15.1 Å². The number of carbonyl (C=O) groups excluding carboxylic acids is 2. The standard InChI is InChI=1S/C16H21ClFN3O2.ClH/c1-11(10-19-2)15(22)20-5-7-21(8-6-20)16(23)13-4-3-12(18)9-14(13)17;/h3-4,9,11,19H,5-8,10H2,1-2H3;1H. The molecular weight excluding hydrogens is 356 g/mol. The number of nitrogens with one attached hydrogen (secondary N) is 1. The first-order valence-corrected chi connectivity index (χ1v) is 7.99. The van der Waals surface area contributed by atoms with Crippen molar-refractivity contribution in [3.63, 3.8) is 0 Å². The van der Waals surface area contributed by atoms with Gasteiger partial charge in [0, 0.05) is 38.6 Å². The minimum atomic E-state index is -0.472. The number of hydrogen-bond acceptors (Lipinski definition) is 3. The van der Waals surface area contributed by atoms with Crippen LogP contribution >= 0.6 is 24.0 Å². The van der Waals surface area contributed by atoms with Crippen molar-refractivity contribution in [3.8, 4) is 0 Å². The predicted octanol–water partition coefficient (Wildman–Crippen LogP) is 2.04. The molecule has 1 aromatic carbocycles. The second-order valence-corrected chi connectivity index (χ2v) is 6.11. The molecule has 0 radical (unpaired) electrons. The molecule has 1 aliphatic heterocycles. The maximum absolute atomic E-state index is 13.1. The van der Waals surface area contributed by atoms with Crippen molar-refractivity contribution in [2.24, 2.45) is 5.92 Å². The highest BCUT2D eigenvalue weighted by Crippen LogP contribution is 2.20. The molecule has 2 amide bonds. The average Bonchev–Trinajstić information content (AvgIpc) is 2.54. The number of halogens is 3. The zero-order valence-corrected chi connectivity index (χ0v) is 15.3. The smallest absolute Gasteiger partial charge is 0.255 e.